The van der Waals surface area contributed by atoms with E-state index < -0.39 is 5.97 Å². The van der Waals surface area contributed by atoms with Gasteiger partial charge in [-0.3, -0.25) is 4.79 Å². The van der Waals surface area contributed by atoms with Gasteiger partial charge in [0, 0.05) is 11.1 Å². The lowest BCUT2D eigenvalue weighted by atomic mass is 10.0. The number of esters is 1. The quantitative estimate of drug-likeness (QED) is 0.511. The van der Waals surface area contributed by atoms with Gasteiger partial charge >= 0.3 is 5.97 Å². The molecule has 0 aliphatic rings. The van der Waals surface area contributed by atoms with Crippen molar-refractivity contribution in [1.29, 1.82) is 0 Å². The van der Waals surface area contributed by atoms with Crippen molar-refractivity contribution in [3.05, 3.63) is 71.9 Å². The van der Waals surface area contributed by atoms with Crippen LogP contribution >= 0.6 is 0 Å². The van der Waals surface area contributed by atoms with Gasteiger partial charge in [0.1, 0.15) is 5.69 Å². The smallest absolute Gasteiger partial charge is 0.329 e. The normalized spacial score (nSPS) is 10.4. The molecular weight excluding hydrogens is 318 g/mol. The van der Waals surface area contributed by atoms with Gasteiger partial charge in [-0.2, -0.15) is 9.90 Å². The van der Waals surface area contributed by atoms with Crippen LogP contribution in [0.15, 0.2) is 60.7 Å². The molecule has 126 valence electrons. The van der Waals surface area contributed by atoms with Crippen molar-refractivity contribution in [2.24, 2.45) is 0 Å². The van der Waals surface area contributed by atoms with E-state index in [1.807, 2.05) is 36.4 Å². The minimum atomic E-state index is -0.448. The van der Waals surface area contributed by atoms with Gasteiger partial charge in [0.2, 0.25) is 5.78 Å². The van der Waals surface area contributed by atoms with Gasteiger partial charge in [-0.25, -0.2) is 4.79 Å². The van der Waals surface area contributed by atoms with Gasteiger partial charge in [-0.05, 0) is 6.92 Å². The van der Waals surface area contributed by atoms with E-state index in [1.165, 1.54) is 4.80 Å². The van der Waals surface area contributed by atoms with Crippen molar-refractivity contribution < 1.29 is 14.3 Å². The maximum Gasteiger partial charge on any atom is 0.329 e. The summed E-state index contributed by atoms with van der Waals surface area (Å²) in [5.74, 6) is -0.689. The lowest BCUT2D eigenvalue weighted by molar-refractivity contribution is -0.144. The molecule has 0 bridgehead atoms. The van der Waals surface area contributed by atoms with Crippen LogP contribution in [-0.2, 0) is 16.1 Å². The first-order valence-corrected chi connectivity index (χ1v) is 7.95. The van der Waals surface area contributed by atoms with E-state index in [0.717, 1.165) is 5.56 Å². The summed E-state index contributed by atoms with van der Waals surface area (Å²) >= 11 is 0. The van der Waals surface area contributed by atoms with Crippen molar-refractivity contribution in [2.75, 3.05) is 6.61 Å². The fraction of sp³-hybridized carbons (Fsp3) is 0.158. The lowest BCUT2D eigenvalue weighted by Crippen LogP contribution is -2.16. The second kappa shape index (κ2) is 7.53. The number of nitrogens with zero attached hydrogens (tertiary/aromatic N) is 3. The molecule has 1 aromatic heterocycles. The van der Waals surface area contributed by atoms with Crippen LogP contribution in [0.1, 0.15) is 23.0 Å². The number of rotatable bonds is 6. The van der Waals surface area contributed by atoms with E-state index >= 15 is 0 Å². The predicted molar refractivity (Wildman–Crippen MR) is 92.0 cm³/mol. The highest BCUT2D eigenvalue weighted by Crippen LogP contribution is 2.22. The highest BCUT2D eigenvalue weighted by Gasteiger charge is 2.22. The molecule has 0 atom stereocenters. The number of ketones is 1. The first kappa shape index (κ1) is 16.6. The molecular formula is C19H17N3O3. The van der Waals surface area contributed by atoms with Crippen LogP contribution < -0.4 is 0 Å². The maximum absolute atomic E-state index is 12.8. The number of hydrogen-bond donors (Lipinski definition) is 0. The molecule has 3 aromatic rings. The van der Waals surface area contributed by atoms with Crippen LogP contribution in [0.2, 0.25) is 0 Å². The van der Waals surface area contributed by atoms with E-state index in [0.29, 0.717) is 11.3 Å². The second-order valence-corrected chi connectivity index (χ2v) is 5.29. The van der Waals surface area contributed by atoms with Crippen molar-refractivity contribution in [3.8, 4) is 11.3 Å². The summed E-state index contributed by atoms with van der Waals surface area (Å²) in [6.45, 7) is 1.87. The largest absolute Gasteiger partial charge is 0.465 e. The van der Waals surface area contributed by atoms with E-state index in [-0.39, 0.29) is 24.6 Å². The van der Waals surface area contributed by atoms with Crippen LogP contribution in [0.4, 0.5) is 0 Å². The summed E-state index contributed by atoms with van der Waals surface area (Å²) in [6.07, 6.45) is 0. The number of benzene rings is 2. The average Bonchev–Trinajstić information content (AvgIpc) is 3.06. The number of ether oxygens (including phenoxy) is 1. The minimum Gasteiger partial charge on any atom is -0.465 e. The topological polar surface area (TPSA) is 74.1 Å². The van der Waals surface area contributed by atoms with E-state index in [4.69, 9.17) is 4.74 Å². The Morgan fingerprint density at radius 1 is 0.960 bits per heavy atom. The minimum absolute atomic E-state index is 0.143. The van der Waals surface area contributed by atoms with Crippen LogP contribution in [0.3, 0.4) is 0 Å². The monoisotopic (exact) mass is 335 g/mol. The summed E-state index contributed by atoms with van der Waals surface area (Å²) in [7, 11) is 0. The van der Waals surface area contributed by atoms with Crippen LogP contribution in [-0.4, -0.2) is 33.4 Å². The van der Waals surface area contributed by atoms with Gasteiger partial charge in [-0.1, -0.05) is 60.7 Å². The molecule has 6 nitrogen and oxygen atoms in total. The molecule has 0 aliphatic carbocycles. The molecule has 25 heavy (non-hydrogen) atoms. The zero-order valence-corrected chi connectivity index (χ0v) is 13.8. The number of carbonyl (C=O) groups is 2. The summed E-state index contributed by atoms with van der Waals surface area (Å²) in [4.78, 5) is 25.7. The Hall–Kier alpha value is -3.28. The first-order valence-electron chi connectivity index (χ1n) is 7.95. The van der Waals surface area contributed by atoms with Gasteiger partial charge < -0.3 is 4.74 Å². The summed E-state index contributed by atoms with van der Waals surface area (Å²) in [5.41, 5.74) is 1.93. The van der Waals surface area contributed by atoms with Crippen LogP contribution in [0.5, 0.6) is 0 Å². The first-order chi connectivity index (χ1) is 12.2. The highest BCUT2D eigenvalue weighted by molar-refractivity contribution is 6.10. The van der Waals surface area contributed by atoms with Crippen LogP contribution in [0, 0.1) is 0 Å². The maximum atomic E-state index is 12.8. The third-order valence-corrected chi connectivity index (χ3v) is 3.53. The van der Waals surface area contributed by atoms with Gasteiger partial charge in [0.15, 0.2) is 12.2 Å². The molecule has 0 aliphatic heterocycles. The Balaban J connectivity index is 2.01. The van der Waals surface area contributed by atoms with Crippen molar-refractivity contribution in [1.82, 2.24) is 15.0 Å². The van der Waals surface area contributed by atoms with E-state index in [9.17, 15) is 9.59 Å². The van der Waals surface area contributed by atoms with Gasteiger partial charge in [-0.15, -0.1) is 5.10 Å². The molecule has 2 aromatic carbocycles. The molecule has 0 radical (unpaired) electrons. The summed E-state index contributed by atoms with van der Waals surface area (Å²) in [6, 6.07) is 18.2. The van der Waals surface area contributed by atoms with E-state index in [1.54, 1.807) is 31.2 Å². The SMILES string of the molecule is CCOC(=O)Cn1nc(C(=O)c2ccccc2)c(-c2ccccc2)n1. The summed E-state index contributed by atoms with van der Waals surface area (Å²) in [5, 5.41) is 8.57. The lowest BCUT2D eigenvalue weighted by Gasteiger charge is -2.00. The molecule has 0 N–H and O–H groups in total. The molecule has 0 saturated carbocycles. The Labute approximate surface area is 145 Å². The van der Waals surface area contributed by atoms with Gasteiger partial charge in [0.05, 0.1) is 6.61 Å². The molecule has 0 spiro atoms. The van der Waals surface area contributed by atoms with Crippen molar-refractivity contribution in [3.63, 3.8) is 0 Å². The molecule has 0 fully saturated rings. The summed E-state index contributed by atoms with van der Waals surface area (Å²) < 4.78 is 4.92. The van der Waals surface area contributed by atoms with Crippen molar-refractivity contribution >= 4 is 11.8 Å². The zero-order valence-electron chi connectivity index (χ0n) is 13.8. The second-order valence-electron chi connectivity index (χ2n) is 5.29. The molecule has 0 amide bonds. The standard InChI is InChI=1S/C19H17N3O3/c1-2-25-16(23)13-22-20-17(14-9-5-3-6-10-14)18(21-22)19(24)15-11-7-4-8-12-15/h3-12H,2,13H2,1H3. The van der Waals surface area contributed by atoms with Gasteiger partial charge in [0.25, 0.3) is 0 Å². The Morgan fingerprint density at radius 2 is 1.60 bits per heavy atom. The zero-order chi connectivity index (χ0) is 17.6. The molecule has 3 rings (SSSR count). The Bertz CT molecular complexity index is 873. The third-order valence-electron chi connectivity index (χ3n) is 3.53. The van der Waals surface area contributed by atoms with E-state index in [2.05, 4.69) is 10.2 Å². The number of aromatic nitrogens is 3. The average molecular weight is 335 g/mol. The van der Waals surface area contributed by atoms with Crippen LogP contribution in [0.25, 0.3) is 11.3 Å². The predicted octanol–water partition coefficient (Wildman–Crippen LogP) is 2.74. The third kappa shape index (κ3) is 3.80. The Morgan fingerprint density at radius 3 is 2.24 bits per heavy atom. The highest BCUT2D eigenvalue weighted by atomic mass is 16.5. The number of carbonyl (C=O) groups excluding carboxylic acids is 2. The fourth-order valence-electron chi connectivity index (χ4n) is 2.41. The molecule has 1 heterocycles. The Kier molecular flexibility index (Phi) is 4.99. The number of hydrogen-bond acceptors (Lipinski definition) is 5. The molecule has 0 unspecified atom stereocenters. The molecule has 0 saturated heterocycles. The van der Waals surface area contributed by atoms with Crippen molar-refractivity contribution in [2.45, 2.75) is 13.5 Å². The fourth-order valence-corrected chi connectivity index (χ4v) is 2.41. The molecule has 6 heteroatoms.